The van der Waals surface area contributed by atoms with Gasteiger partial charge in [-0.3, -0.25) is 4.79 Å². The van der Waals surface area contributed by atoms with E-state index >= 15 is 0 Å². The predicted molar refractivity (Wildman–Crippen MR) is 111 cm³/mol. The van der Waals surface area contributed by atoms with Gasteiger partial charge in [-0.2, -0.15) is 0 Å². The van der Waals surface area contributed by atoms with Gasteiger partial charge in [-0.15, -0.1) is 0 Å². The highest BCUT2D eigenvalue weighted by Gasteiger charge is 2.22. The lowest BCUT2D eigenvalue weighted by Gasteiger charge is -2.22. The Morgan fingerprint density at radius 3 is 2.15 bits per heavy atom. The van der Waals surface area contributed by atoms with Crippen molar-refractivity contribution < 1.29 is 14.3 Å². The van der Waals surface area contributed by atoms with E-state index in [1.54, 1.807) is 0 Å². The zero-order valence-corrected chi connectivity index (χ0v) is 17.0. The molecule has 0 aliphatic rings. The summed E-state index contributed by atoms with van der Waals surface area (Å²) in [6.07, 6.45) is 1.06. The fraction of sp³-hybridized carbons (Fsp3) is 0.435. The number of ether oxygens (including phenoxy) is 2. The van der Waals surface area contributed by atoms with Gasteiger partial charge in [0.25, 0.3) is 5.91 Å². The summed E-state index contributed by atoms with van der Waals surface area (Å²) in [5, 5.41) is 2.96. The van der Waals surface area contributed by atoms with E-state index in [0.29, 0.717) is 23.8 Å². The standard InChI is InChI=1S/C23H31NO3/c1-6-17(5)18-12-8-10-14-21(18)27-20(7-2)23(25)24-19-13-9-11-15-22(19)26-16(3)4/h8-17,20H,6-7H2,1-5H3,(H,24,25). The smallest absolute Gasteiger partial charge is 0.265 e. The molecule has 0 saturated heterocycles. The highest BCUT2D eigenvalue weighted by atomic mass is 16.5. The molecule has 4 nitrogen and oxygen atoms in total. The summed E-state index contributed by atoms with van der Waals surface area (Å²) < 4.78 is 11.9. The van der Waals surface area contributed by atoms with Crippen LogP contribution in [0.1, 0.15) is 58.9 Å². The van der Waals surface area contributed by atoms with Crippen molar-refractivity contribution in [2.75, 3.05) is 5.32 Å². The van der Waals surface area contributed by atoms with Crippen LogP contribution in [0, 0.1) is 0 Å². The molecule has 0 aliphatic carbocycles. The van der Waals surface area contributed by atoms with Gasteiger partial charge in [0.1, 0.15) is 11.5 Å². The second kappa shape index (κ2) is 10.0. The summed E-state index contributed by atoms with van der Waals surface area (Å²) in [5.41, 5.74) is 1.79. The second-order valence-corrected chi connectivity index (χ2v) is 7.01. The van der Waals surface area contributed by atoms with Crippen molar-refractivity contribution in [3.8, 4) is 11.5 Å². The molecule has 0 saturated carbocycles. The third-order valence-corrected chi connectivity index (χ3v) is 4.50. The number of hydrogen-bond acceptors (Lipinski definition) is 3. The van der Waals surface area contributed by atoms with Crippen molar-refractivity contribution in [2.45, 2.75) is 65.6 Å². The molecule has 0 radical (unpaired) electrons. The first kappa shape index (κ1) is 20.8. The van der Waals surface area contributed by atoms with E-state index in [4.69, 9.17) is 9.47 Å². The first-order valence-corrected chi connectivity index (χ1v) is 9.78. The molecule has 0 spiro atoms. The number of anilines is 1. The van der Waals surface area contributed by atoms with Gasteiger partial charge in [-0.05, 0) is 56.4 Å². The maximum absolute atomic E-state index is 12.8. The van der Waals surface area contributed by atoms with E-state index in [2.05, 4.69) is 25.2 Å². The van der Waals surface area contributed by atoms with Crippen LogP contribution < -0.4 is 14.8 Å². The quantitative estimate of drug-likeness (QED) is 0.609. The fourth-order valence-corrected chi connectivity index (χ4v) is 2.83. The number of carbonyl (C=O) groups excluding carboxylic acids is 1. The number of rotatable bonds is 9. The zero-order valence-electron chi connectivity index (χ0n) is 17.0. The molecule has 1 amide bonds. The first-order chi connectivity index (χ1) is 13.0. The summed E-state index contributed by atoms with van der Waals surface area (Å²) in [6.45, 7) is 10.2. The average Bonchev–Trinajstić information content (AvgIpc) is 2.66. The molecule has 0 aliphatic heterocycles. The molecule has 2 rings (SSSR count). The molecular weight excluding hydrogens is 338 g/mol. The van der Waals surface area contributed by atoms with Gasteiger partial charge in [-0.1, -0.05) is 51.1 Å². The molecule has 146 valence electrons. The van der Waals surface area contributed by atoms with Crippen LogP contribution in [0.25, 0.3) is 0 Å². The van der Waals surface area contributed by atoms with Crippen molar-refractivity contribution in [1.82, 2.24) is 0 Å². The molecule has 2 atom stereocenters. The Bertz CT molecular complexity index is 742. The van der Waals surface area contributed by atoms with Gasteiger partial charge in [0, 0.05) is 0 Å². The topological polar surface area (TPSA) is 47.6 Å². The Morgan fingerprint density at radius 1 is 0.889 bits per heavy atom. The molecule has 0 fully saturated rings. The Kier molecular flexibility index (Phi) is 7.71. The van der Waals surface area contributed by atoms with Crippen molar-refractivity contribution in [3.63, 3.8) is 0 Å². The van der Waals surface area contributed by atoms with Crippen molar-refractivity contribution >= 4 is 11.6 Å². The van der Waals surface area contributed by atoms with Crippen LogP contribution in [0.5, 0.6) is 11.5 Å². The molecule has 27 heavy (non-hydrogen) atoms. The first-order valence-electron chi connectivity index (χ1n) is 9.78. The van der Waals surface area contributed by atoms with Crippen molar-refractivity contribution in [2.24, 2.45) is 0 Å². The van der Waals surface area contributed by atoms with Crippen LogP contribution in [-0.4, -0.2) is 18.1 Å². The van der Waals surface area contributed by atoms with Gasteiger partial charge in [0.2, 0.25) is 0 Å². The number of para-hydroxylation sites is 3. The van der Waals surface area contributed by atoms with E-state index in [1.807, 2.05) is 63.2 Å². The van der Waals surface area contributed by atoms with Crippen molar-refractivity contribution in [1.29, 1.82) is 0 Å². The molecular formula is C23H31NO3. The number of benzene rings is 2. The Hall–Kier alpha value is -2.49. The minimum atomic E-state index is -0.567. The highest BCUT2D eigenvalue weighted by molar-refractivity contribution is 5.95. The minimum Gasteiger partial charge on any atom is -0.489 e. The summed E-state index contributed by atoms with van der Waals surface area (Å²) in [4.78, 5) is 12.8. The number of amides is 1. The van der Waals surface area contributed by atoms with Gasteiger partial charge in [0.05, 0.1) is 11.8 Å². The Morgan fingerprint density at radius 2 is 1.52 bits per heavy atom. The van der Waals surface area contributed by atoms with Gasteiger partial charge in [-0.25, -0.2) is 0 Å². The largest absolute Gasteiger partial charge is 0.489 e. The van der Waals surface area contributed by atoms with Crippen LogP contribution in [0.2, 0.25) is 0 Å². The molecule has 2 aromatic rings. The van der Waals surface area contributed by atoms with Gasteiger partial charge < -0.3 is 14.8 Å². The third-order valence-electron chi connectivity index (χ3n) is 4.50. The molecule has 1 N–H and O–H groups in total. The van der Waals surface area contributed by atoms with E-state index in [9.17, 15) is 4.79 Å². The molecule has 0 aromatic heterocycles. The van der Waals surface area contributed by atoms with Crippen LogP contribution in [0.15, 0.2) is 48.5 Å². The summed E-state index contributed by atoms with van der Waals surface area (Å²) in [7, 11) is 0. The van der Waals surface area contributed by atoms with Crippen LogP contribution in [-0.2, 0) is 4.79 Å². The van der Waals surface area contributed by atoms with Gasteiger partial charge >= 0.3 is 0 Å². The normalized spacial score (nSPS) is 13.1. The maximum Gasteiger partial charge on any atom is 0.265 e. The third kappa shape index (κ3) is 5.75. The molecule has 2 aromatic carbocycles. The lowest BCUT2D eigenvalue weighted by atomic mass is 9.98. The van der Waals surface area contributed by atoms with E-state index in [1.165, 1.54) is 0 Å². The molecule has 0 heterocycles. The summed E-state index contributed by atoms with van der Waals surface area (Å²) >= 11 is 0. The van der Waals surface area contributed by atoms with Crippen LogP contribution >= 0.6 is 0 Å². The second-order valence-electron chi connectivity index (χ2n) is 7.01. The highest BCUT2D eigenvalue weighted by Crippen LogP contribution is 2.30. The van der Waals surface area contributed by atoms with Gasteiger partial charge in [0.15, 0.2) is 6.10 Å². The van der Waals surface area contributed by atoms with Crippen LogP contribution in [0.3, 0.4) is 0 Å². The summed E-state index contributed by atoms with van der Waals surface area (Å²) in [5.74, 6) is 1.65. The number of hydrogen-bond donors (Lipinski definition) is 1. The Labute approximate surface area is 162 Å². The zero-order chi connectivity index (χ0) is 19.8. The minimum absolute atomic E-state index is 0.0312. The SMILES string of the molecule is CCC(Oc1ccccc1C(C)CC)C(=O)Nc1ccccc1OC(C)C. The van der Waals surface area contributed by atoms with Crippen LogP contribution in [0.4, 0.5) is 5.69 Å². The number of nitrogens with one attached hydrogen (secondary N) is 1. The average molecular weight is 370 g/mol. The summed E-state index contributed by atoms with van der Waals surface area (Å²) in [6, 6.07) is 15.4. The molecule has 0 bridgehead atoms. The Balaban J connectivity index is 2.16. The van der Waals surface area contributed by atoms with E-state index < -0.39 is 6.10 Å². The number of carbonyl (C=O) groups is 1. The van der Waals surface area contributed by atoms with Crippen molar-refractivity contribution in [3.05, 3.63) is 54.1 Å². The molecule has 2 unspecified atom stereocenters. The maximum atomic E-state index is 12.8. The van der Waals surface area contributed by atoms with E-state index in [0.717, 1.165) is 17.7 Å². The predicted octanol–water partition coefficient (Wildman–Crippen LogP) is 5.78. The fourth-order valence-electron chi connectivity index (χ4n) is 2.83. The molecule has 4 heteroatoms. The lowest BCUT2D eigenvalue weighted by molar-refractivity contribution is -0.122. The van der Waals surface area contributed by atoms with E-state index in [-0.39, 0.29) is 12.0 Å². The lowest BCUT2D eigenvalue weighted by Crippen LogP contribution is -2.33. The monoisotopic (exact) mass is 369 g/mol.